The largest absolute Gasteiger partial charge is 0.481 e. The van der Waals surface area contributed by atoms with Crippen LogP contribution in [-0.4, -0.2) is 54.7 Å². The van der Waals surface area contributed by atoms with Crippen molar-refractivity contribution < 1.29 is 24.2 Å². The predicted molar refractivity (Wildman–Crippen MR) is 126 cm³/mol. The number of rotatable bonds is 11. The Bertz CT molecular complexity index is 945. The van der Waals surface area contributed by atoms with Crippen LogP contribution in [0.2, 0.25) is 0 Å². The first kappa shape index (κ1) is 24.3. The van der Waals surface area contributed by atoms with Gasteiger partial charge in [0.15, 0.2) is 0 Å². The van der Waals surface area contributed by atoms with Crippen LogP contribution in [0.1, 0.15) is 49.7 Å². The molecule has 0 saturated heterocycles. The molecule has 176 valence electrons. The number of carboxylic acids is 1. The normalized spacial score (nSPS) is 13.0. The minimum absolute atomic E-state index is 0.0105. The van der Waals surface area contributed by atoms with Gasteiger partial charge in [0.2, 0.25) is 5.91 Å². The number of carboxylic acid groups (broad SMARTS) is 1. The van der Waals surface area contributed by atoms with Gasteiger partial charge < -0.3 is 20.1 Å². The fraction of sp³-hybridized carbons (Fsp3) is 0.423. The quantitative estimate of drug-likeness (QED) is 0.497. The molecule has 1 atom stereocenters. The summed E-state index contributed by atoms with van der Waals surface area (Å²) in [5.74, 6) is -1.26. The molecule has 2 aromatic carbocycles. The number of amides is 2. The Morgan fingerprint density at radius 2 is 1.64 bits per heavy atom. The van der Waals surface area contributed by atoms with Crippen LogP contribution in [-0.2, 0) is 14.3 Å². The summed E-state index contributed by atoms with van der Waals surface area (Å²) < 4.78 is 5.55. The molecule has 0 saturated carbocycles. The van der Waals surface area contributed by atoms with Gasteiger partial charge in [-0.1, -0.05) is 55.5 Å². The van der Waals surface area contributed by atoms with Gasteiger partial charge in [0.1, 0.15) is 6.61 Å². The molecular weight excluding hydrogens is 420 g/mol. The summed E-state index contributed by atoms with van der Waals surface area (Å²) in [4.78, 5) is 37.3. The lowest BCUT2D eigenvalue weighted by atomic mass is 9.98. The van der Waals surface area contributed by atoms with E-state index in [0.717, 1.165) is 11.1 Å². The highest BCUT2D eigenvalue weighted by atomic mass is 16.5. The molecule has 3 rings (SSSR count). The first-order chi connectivity index (χ1) is 15.9. The second kappa shape index (κ2) is 11.5. The van der Waals surface area contributed by atoms with Crippen LogP contribution in [0.4, 0.5) is 4.79 Å². The number of ether oxygens (including phenoxy) is 1. The zero-order chi connectivity index (χ0) is 23.8. The number of alkyl carbamates (subject to hydrolysis) is 1. The molecule has 2 amide bonds. The lowest BCUT2D eigenvalue weighted by Crippen LogP contribution is -2.40. The van der Waals surface area contributed by atoms with Crippen LogP contribution in [0.5, 0.6) is 0 Å². The summed E-state index contributed by atoms with van der Waals surface area (Å²) in [6.07, 6.45) is 1.31. The summed E-state index contributed by atoms with van der Waals surface area (Å²) in [5.41, 5.74) is 4.64. The first-order valence-corrected chi connectivity index (χ1v) is 11.5. The van der Waals surface area contributed by atoms with Crippen molar-refractivity contribution in [2.75, 3.05) is 26.7 Å². The molecule has 0 aromatic heterocycles. The summed E-state index contributed by atoms with van der Waals surface area (Å²) in [6.45, 7) is 2.83. The molecule has 1 aliphatic rings. The molecule has 0 bridgehead atoms. The van der Waals surface area contributed by atoms with Crippen LogP contribution in [0.25, 0.3) is 11.1 Å². The van der Waals surface area contributed by atoms with E-state index in [1.807, 2.05) is 31.2 Å². The molecule has 0 fully saturated rings. The summed E-state index contributed by atoms with van der Waals surface area (Å²) in [6, 6.07) is 16.3. The Hall–Kier alpha value is -3.35. The van der Waals surface area contributed by atoms with E-state index in [-0.39, 0.29) is 37.3 Å². The lowest BCUT2D eigenvalue weighted by molar-refractivity contribution is -0.137. The van der Waals surface area contributed by atoms with Crippen molar-refractivity contribution in [2.45, 2.75) is 38.5 Å². The maximum atomic E-state index is 12.7. The topological polar surface area (TPSA) is 95.9 Å². The SMILES string of the molecule is CCC(CNC(=O)OCC1c2ccccc2-c2ccccc21)C(=O)N(C)CCCCC(=O)O. The third-order valence-electron chi connectivity index (χ3n) is 6.19. The number of hydrogen-bond acceptors (Lipinski definition) is 4. The van der Waals surface area contributed by atoms with Crippen LogP contribution in [0.3, 0.4) is 0 Å². The standard InChI is InChI=1S/C26H32N2O5/c1-3-18(25(31)28(2)15-9-8-14-24(29)30)16-27-26(32)33-17-23-21-12-6-4-10-19(21)20-11-5-7-13-22(20)23/h4-7,10-13,18,23H,3,8-9,14-17H2,1-2H3,(H,27,32)(H,29,30). The smallest absolute Gasteiger partial charge is 0.407 e. The minimum atomic E-state index is -0.831. The zero-order valence-corrected chi connectivity index (χ0v) is 19.3. The fourth-order valence-corrected chi connectivity index (χ4v) is 4.31. The molecule has 0 heterocycles. The van der Waals surface area contributed by atoms with Crippen molar-refractivity contribution in [1.29, 1.82) is 0 Å². The van der Waals surface area contributed by atoms with E-state index >= 15 is 0 Å². The summed E-state index contributed by atoms with van der Waals surface area (Å²) in [7, 11) is 1.71. The van der Waals surface area contributed by atoms with E-state index in [4.69, 9.17) is 9.84 Å². The van der Waals surface area contributed by atoms with E-state index in [9.17, 15) is 14.4 Å². The van der Waals surface area contributed by atoms with Crippen molar-refractivity contribution in [3.8, 4) is 11.1 Å². The van der Waals surface area contributed by atoms with Crippen molar-refractivity contribution >= 4 is 18.0 Å². The summed E-state index contributed by atoms with van der Waals surface area (Å²) >= 11 is 0. The Kier molecular flexibility index (Phi) is 8.46. The molecule has 0 radical (unpaired) electrons. The first-order valence-electron chi connectivity index (χ1n) is 11.5. The highest BCUT2D eigenvalue weighted by Crippen LogP contribution is 2.44. The molecule has 33 heavy (non-hydrogen) atoms. The van der Waals surface area contributed by atoms with Crippen molar-refractivity contribution in [3.05, 3.63) is 59.7 Å². The van der Waals surface area contributed by atoms with Crippen LogP contribution in [0.15, 0.2) is 48.5 Å². The Balaban J connectivity index is 1.49. The Morgan fingerprint density at radius 3 is 2.21 bits per heavy atom. The second-order valence-corrected chi connectivity index (χ2v) is 8.42. The number of aliphatic carboxylic acids is 1. The third-order valence-corrected chi connectivity index (χ3v) is 6.19. The fourth-order valence-electron chi connectivity index (χ4n) is 4.31. The number of hydrogen-bond donors (Lipinski definition) is 2. The van der Waals surface area contributed by atoms with Gasteiger partial charge in [0.25, 0.3) is 0 Å². The van der Waals surface area contributed by atoms with Crippen LogP contribution in [0, 0.1) is 5.92 Å². The Morgan fingerprint density at radius 1 is 1.03 bits per heavy atom. The van der Waals surface area contributed by atoms with Crippen molar-refractivity contribution in [3.63, 3.8) is 0 Å². The highest BCUT2D eigenvalue weighted by molar-refractivity contribution is 5.80. The molecule has 1 aliphatic carbocycles. The maximum Gasteiger partial charge on any atom is 0.407 e. The highest BCUT2D eigenvalue weighted by Gasteiger charge is 2.29. The third kappa shape index (κ3) is 6.12. The van der Waals surface area contributed by atoms with Gasteiger partial charge in [-0.3, -0.25) is 9.59 Å². The number of unbranched alkanes of at least 4 members (excludes halogenated alkanes) is 1. The average molecular weight is 453 g/mol. The van der Waals surface area contributed by atoms with E-state index in [1.54, 1.807) is 11.9 Å². The second-order valence-electron chi connectivity index (χ2n) is 8.42. The lowest BCUT2D eigenvalue weighted by Gasteiger charge is -2.23. The molecule has 0 aliphatic heterocycles. The van der Waals surface area contributed by atoms with Gasteiger partial charge in [-0.05, 0) is 41.5 Å². The minimum Gasteiger partial charge on any atom is -0.481 e. The van der Waals surface area contributed by atoms with Gasteiger partial charge in [0, 0.05) is 32.5 Å². The van der Waals surface area contributed by atoms with Crippen LogP contribution < -0.4 is 5.32 Å². The van der Waals surface area contributed by atoms with E-state index in [2.05, 4.69) is 29.6 Å². The number of nitrogens with one attached hydrogen (secondary N) is 1. The molecule has 7 nitrogen and oxygen atoms in total. The van der Waals surface area contributed by atoms with Crippen LogP contribution >= 0.6 is 0 Å². The van der Waals surface area contributed by atoms with Crippen molar-refractivity contribution in [2.24, 2.45) is 5.92 Å². The average Bonchev–Trinajstić information content (AvgIpc) is 3.14. The number of benzene rings is 2. The maximum absolute atomic E-state index is 12.7. The molecule has 7 heteroatoms. The molecular formula is C26H32N2O5. The van der Waals surface area contributed by atoms with Gasteiger partial charge in [-0.15, -0.1) is 0 Å². The van der Waals surface area contributed by atoms with Gasteiger partial charge in [-0.2, -0.15) is 0 Å². The van der Waals surface area contributed by atoms with Gasteiger partial charge in [-0.25, -0.2) is 4.79 Å². The predicted octanol–water partition coefficient (Wildman–Crippen LogP) is 4.26. The van der Waals surface area contributed by atoms with Gasteiger partial charge in [0.05, 0.1) is 5.92 Å². The molecule has 0 spiro atoms. The molecule has 1 unspecified atom stereocenters. The van der Waals surface area contributed by atoms with Gasteiger partial charge >= 0.3 is 12.1 Å². The number of fused-ring (bicyclic) bond motifs is 3. The number of nitrogens with zero attached hydrogens (tertiary/aromatic N) is 1. The molecule has 2 aromatic rings. The number of carbonyl (C=O) groups is 3. The summed E-state index contributed by atoms with van der Waals surface area (Å²) in [5, 5.41) is 11.5. The van der Waals surface area contributed by atoms with E-state index in [0.29, 0.717) is 25.8 Å². The monoisotopic (exact) mass is 452 g/mol. The van der Waals surface area contributed by atoms with E-state index in [1.165, 1.54) is 11.1 Å². The number of carbonyl (C=O) groups excluding carboxylic acids is 2. The molecule has 2 N–H and O–H groups in total. The van der Waals surface area contributed by atoms with Crippen molar-refractivity contribution in [1.82, 2.24) is 10.2 Å². The zero-order valence-electron chi connectivity index (χ0n) is 19.3. The van der Waals surface area contributed by atoms with E-state index < -0.39 is 12.1 Å². The Labute approximate surface area is 194 Å².